The van der Waals surface area contributed by atoms with E-state index in [2.05, 4.69) is 4.74 Å². The van der Waals surface area contributed by atoms with Gasteiger partial charge in [0.15, 0.2) is 0 Å². The molecule has 0 unspecified atom stereocenters. The van der Waals surface area contributed by atoms with Crippen LogP contribution in [0.15, 0.2) is 12.1 Å². The van der Waals surface area contributed by atoms with Gasteiger partial charge in [0, 0.05) is 4.88 Å². The topological polar surface area (TPSA) is 63.6 Å². The summed E-state index contributed by atoms with van der Waals surface area (Å²) in [6.07, 6.45) is 0. The summed E-state index contributed by atoms with van der Waals surface area (Å²) in [5.74, 6) is -1.35. The molecule has 1 heterocycles. The molecule has 0 saturated heterocycles. The Balaban J connectivity index is 3.04. The lowest BCUT2D eigenvalue weighted by Crippen LogP contribution is -2.27. The number of rotatable bonds is 3. The van der Waals surface area contributed by atoms with E-state index < -0.39 is 17.4 Å². The Bertz CT molecular complexity index is 392. The van der Waals surface area contributed by atoms with Crippen molar-refractivity contribution in [2.45, 2.75) is 19.3 Å². The van der Waals surface area contributed by atoms with Crippen molar-refractivity contribution >= 4 is 23.3 Å². The molecular weight excluding hydrogens is 216 g/mol. The molecule has 0 bridgehead atoms. The number of esters is 1. The molecule has 1 N–H and O–H groups in total. The normalized spacial score (nSPS) is 11.1. The highest BCUT2D eigenvalue weighted by Gasteiger charge is 2.31. The molecule has 0 aliphatic carbocycles. The molecule has 82 valence electrons. The van der Waals surface area contributed by atoms with Crippen molar-refractivity contribution in [1.29, 1.82) is 0 Å². The van der Waals surface area contributed by atoms with Crippen molar-refractivity contribution in [2.24, 2.45) is 0 Å². The van der Waals surface area contributed by atoms with Gasteiger partial charge in [-0.3, -0.25) is 4.79 Å². The van der Waals surface area contributed by atoms with Crippen molar-refractivity contribution < 1.29 is 19.4 Å². The molecular formula is C10H12O4S. The smallest absolute Gasteiger partial charge is 0.348 e. The van der Waals surface area contributed by atoms with Gasteiger partial charge in [0.25, 0.3) is 0 Å². The molecule has 1 rings (SSSR count). The minimum atomic E-state index is -0.975. The fraction of sp³-hybridized carbons (Fsp3) is 0.400. The predicted molar refractivity (Wildman–Crippen MR) is 56.3 cm³/mol. The lowest BCUT2D eigenvalue weighted by molar-refractivity contribution is -0.142. The zero-order valence-electron chi connectivity index (χ0n) is 8.73. The maximum Gasteiger partial charge on any atom is 0.348 e. The van der Waals surface area contributed by atoms with Gasteiger partial charge in [0.05, 0.1) is 12.5 Å². The van der Waals surface area contributed by atoms with E-state index in [1.165, 1.54) is 7.11 Å². The second-order valence-corrected chi connectivity index (χ2v) is 4.67. The van der Waals surface area contributed by atoms with Gasteiger partial charge in [-0.2, -0.15) is 0 Å². The van der Waals surface area contributed by atoms with E-state index in [-0.39, 0.29) is 0 Å². The van der Waals surface area contributed by atoms with Crippen molar-refractivity contribution in [3.8, 4) is 0 Å². The van der Waals surface area contributed by atoms with Crippen molar-refractivity contribution in [3.63, 3.8) is 0 Å². The van der Waals surface area contributed by atoms with E-state index >= 15 is 0 Å². The van der Waals surface area contributed by atoms with Gasteiger partial charge in [-0.15, -0.1) is 11.3 Å². The van der Waals surface area contributed by atoms with Crippen LogP contribution in [0.2, 0.25) is 0 Å². The molecule has 0 radical (unpaired) electrons. The Morgan fingerprint density at radius 3 is 2.47 bits per heavy atom. The van der Waals surface area contributed by atoms with Crippen LogP contribution in [0.4, 0.5) is 0 Å². The molecule has 0 atom stereocenters. The van der Waals surface area contributed by atoms with Crippen LogP contribution in [0.25, 0.3) is 0 Å². The maximum absolute atomic E-state index is 11.2. The fourth-order valence-corrected chi connectivity index (χ4v) is 2.01. The number of ether oxygens (including phenoxy) is 1. The van der Waals surface area contributed by atoms with E-state index in [0.717, 1.165) is 11.3 Å². The lowest BCUT2D eigenvalue weighted by atomic mass is 9.92. The summed E-state index contributed by atoms with van der Waals surface area (Å²) >= 11 is 1.15. The van der Waals surface area contributed by atoms with Gasteiger partial charge in [-0.1, -0.05) is 0 Å². The fourth-order valence-electron chi connectivity index (χ4n) is 0.989. The van der Waals surface area contributed by atoms with E-state index in [1.54, 1.807) is 26.0 Å². The first-order valence-electron chi connectivity index (χ1n) is 4.31. The first-order chi connectivity index (χ1) is 6.89. The number of methoxy groups -OCH3 is 1. The third kappa shape index (κ3) is 2.18. The Labute approximate surface area is 91.5 Å². The first-order valence-corrected chi connectivity index (χ1v) is 5.13. The molecule has 0 aliphatic heterocycles. The summed E-state index contributed by atoms with van der Waals surface area (Å²) in [5.41, 5.74) is -0.975. The van der Waals surface area contributed by atoms with Crippen LogP contribution in [0, 0.1) is 0 Å². The lowest BCUT2D eigenvalue weighted by Gasteiger charge is -2.16. The van der Waals surface area contributed by atoms with Crippen LogP contribution in [0.5, 0.6) is 0 Å². The molecule has 5 heteroatoms. The Kier molecular flexibility index (Phi) is 3.14. The van der Waals surface area contributed by atoms with Gasteiger partial charge in [0.2, 0.25) is 0 Å². The zero-order chi connectivity index (χ0) is 11.6. The number of carboxylic acid groups (broad SMARTS) is 1. The van der Waals surface area contributed by atoms with Crippen molar-refractivity contribution in [1.82, 2.24) is 0 Å². The van der Waals surface area contributed by atoms with Gasteiger partial charge in [0.1, 0.15) is 4.88 Å². The molecule has 0 aliphatic rings. The number of carbonyl (C=O) groups excluding carboxylic acids is 1. The van der Waals surface area contributed by atoms with Crippen LogP contribution >= 0.6 is 11.3 Å². The Morgan fingerprint density at radius 1 is 1.40 bits per heavy atom. The number of hydrogen-bond donors (Lipinski definition) is 1. The number of hydrogen-bond acceptors (Lipinski definition) is 4. The molecule has 4 nitrogen and oxygen atoms in total. The van der Waals surface area contributed by atoms with E-state index in [4.69, 9.17) is 5.11 Å². The zero-order valence-corrected chi connectivity index (χ0v) is 9.55. The van der Waals surface area contributed by atoms with Gasteiger partial charge < -0.3 is 9.84 Å². The minimum absolute atomic E-state index is 0.418. The van der Waals surface area contributed by atoms with Crippen LogP contribution in [0.3, 0.4) is 0 Å². The number of aliphatic carboxylic acids is 1. The van der Waals surface area contributed by atoms with Crippen LogP contribution in [-0.4, -0.2) is 24.2 Å². The summed E-state index contributed by atoms with van der Waals surface area (Å²) in [4.78, 5) is 23.2. The van der Waals surface area contributed by atoms with Gasteiger partial charge in [-0.25, -0.2) is 4.79 Å². The predicted octanol–water partition coefficient (Wildman–Crippen LogP) is 1.90. The molecule has 0 aromatic carbocycles. The summed E-state index contributed by atoms with van der Waals surface area (Å²) in [6, 6.07) is 3.22. The standard InChI is InChI=1S/C10H12O4S/c1-10(2,9(12)13)7-5-4-6(15-7)8(11)14-3/h4-5H,1-3H3,(H,12,13). The molecule has 15 heavy (non-hydrogen) atoms. The summed E-state index contributed by atoms with van der Waals surface area (Å²) in [6.45, 7) is 3.20. The third-order valence-corrected chi connectivity index (χ3v) is 3.53. The van der Waals surface area contributed by atoms with Gasteiger partial charge in [-0.05, 0) is 26.0 Å². The van der Waals surface area contributed by atoms with E-state index in [9.17, 15) is 9.59 Å². The highest BCUT2D eigenvalue weighted by molar-refractivity contribution is 7.14. The van der Waals surface area contributed by atoms with E-state index in [0.29, 0.717) is 9.75 Å². The summed E-state index contributed by atoms with van der Waals surface area (Å²) in [5, 5.41) is 8.99. The number of carbonyl (C=O) groups is 2. The van der Waals surface area contributed by atoms with Crippen LogP contribution < -0.4 is 0 Å². The Morgan fingerprint density at radius 2 is 2.00 bits per heavy atom. The average Bonchev–Trinajstić information content (AvgIpc) is 2.65. The monoisotopic (exact) mass is 228 g/mol. The second-order valence-electron chi connectivity index (χ2n) is 3.59. The summed E-state index contributed by atoms with van der Waals surface area (Å²) in [7, 11) is 1.30. The van der Waals surface area contributed by atoms with E-state index in [1.807, 2.05) is 0 Å². The quantitative estimate of drug-likeness (QED) is 0.802. The first kappa shape index (κ1) is 11.7. The summed E-state index contributed by atoms with van der Waals surface area (Å²) < 4.78 is 4.55. The second kappa shape index (κ2) is 4.02. The largest absolute Gasteiger partial charge is 0.481 e. The van der Waals surface area contributed by atoms with Gasteiger partial charge >= 0.3 is 11.9 Å². The number of carboxylic acids is 1. The van der Waals surface area contributed by atoms with Crippen LogP contribution in [0.1, 0.15) is 28.4 Å². The SMILES string of the molecule is COC(=O)c1ccc(C(C)(C)C(=O)O)s1. The molecule has 0 fully saturated rings. The minimum Gasteiger partial charge on any atom is -0.481 e. The molecule has 0 saturated carbocycles. The molecule has 0 spiro atoms. The molecule has 1 aromatic heterocycles. The molecule has 1 aromatic rings. The van der Waals surface area contributed by atoms with Crippen molar-refractivity contribution in [2.75, 3.05) is 7.11 Å². The number of thiophene rings is 1. The highest BCUT2D eigenvalue weighted by Crippen LogP contribution is 2.30. The van der Waals surface area contributed by atoms with Crippen molar-refractivity contribution in [3.05, 3.63) is 21.9 Å². The average molecular weight is 228 g/mol. The highest BCUT2D eigenvalue weighted by atomic mass is 32.1. The maximum atomic E-state index is 11.2. The molecule has 0 amide bonds. The van der Waals surface area contributed by atoms with Crippen LogP contribution in [-0.2, 0) is 14.9 Å². The third-order valence-electron chi connectivity index (χ3n) is 2.14. The Hall–Kier alpha value is -1.36.